The van der Waals surface area contributed by atoms with Gasteiger partial charge in [0.25, 0.3) is 0 Å². The number of furan rings is 1. The second-order valence-corrected chi connectivity index (χ2v) is 5.24. The molecule has 2 rings (SSSR count). The van der Waals surface area contributed by atoms with E-state index in [1.54, 1.807) is 11.3 Å². The van der Waals surface area contributed by atoms with E-state index < -0.39 is 0 Å². The van der Waals surface area contributed by atoms with Crippen molar-refractivity contribution in [1.29, 1.82) is 0 Å². The first-order valence-electron chi connectivity index (χ1n) is 6.12. The molecule has 0 unspecified atom stereocenters. The molecule has 0 atom stereocenters. The van der Waals surface area contributed by atoms with Crippen LogP contribution in [0.4, 0.5) is 0 Å². The first kappa shape index (κ1) is 13.3. The molecule has 0 aliphatic carbocycles. The van der Waals surface area contributed by atoms with Crippen LogP contribution in [0.5, 0.6) is 0 Å². The topological polar surface area (TPSA) is 34.4 Å². The van der Waals surface area contributed by atoms with Crippen LogP contribution in [0.1, 0.15) is 22.0 Å². The molecule has 3 nitrogen and oxygen atoms in total. The van der Waals surface area contributed by atoms with Crippen LogP contribution in [0.2, 0.25) is 0 Å². The van der Waals surface area contributed by atoms with Gasteiger partial charge in [-0.15, -0.1) is 11.3 Å². The molecule has 0 bridgehead atoms. The molecule has 0 spiro atoms. The molecule has 2 aromatic heterocycles. The Labute approximate surface area is 112 Å². The smallest absolute Gasteiger partial charge is 0.118 e. The van der Waals surface area contributed by atoms with Gasteiger partial charge in [0.15, 0.2) is 0 Å². The number of rotatable bonds is 7. The summed E-state index contributed by atoms with van der Waals surface area (Å²) in [5, 5.41) is 5.17. The molecule has 0 fully saturated rings. The van der Waals surface area contributed by atoms with Crippen LogP contribution in [0.3, 0.4) is 0 Å². The van der Waals surface area contributed by atoms with Gasteiger partial charge in [0.05, 0.1) is 19.8 Å². The standard InChI is InChI=1S/C14H19NO2S/c1-11-12(8-13(17-11)9-15-2)10-16-6-5-14-4-3-7-18-14/h3-4,7-8,15H,5-6,9-10H2,1-2H3. The van der Waals surface area contributed by atoms with Crippen LogP contribution in [0.25, 0.3) is 0 Å². The average Bonchev–Trinajstić information content (AvgIpc) is 2.96. The van der Waals surface area contributed by atoms with E-state index in [0.717, 1.165) is 36.7 Å². The summed E-state index contributed by atoms with van der Waals surface area (Å²) in [6.07, 6.45) is 0.984. The molecule has 18 heavy (non-hydrogen) atoms. The second-order valence-electron chi connectivity index (χ2n) is 4.21. The van der Waals surface area contributed by atoms with Crippen molar-refractivity contribution in [3.63, 3.8) is 0 Å². The zero-order chi connectivity index (χ0) is 12.8. The predicted molar refractivity (Wildman–Crippen MR) is 73.9 cm³/mol. The average molecular weight is 265 g/mol. The SMILES string of the molecule is CNCc1cc(COCCc2cccs2)c(C)o1. The van der Waals surface area contributed by atoms with E-state index in [2.05, 4.69) is 28.9 Å². The fraction of sp³-hybridized carbons (Fsp3) is 0.429. The molecule has 0 aromatic carbocycles. The number of aryl methyl sites for hydroxylation is 1. The highest BCUT2D eigenvalue weighted by molar-refractivity contribution is 7.09. The summed E-state index contributed by atoms with van der Waals surface area (Å²) in [6.45, 7) is 4.13. The first-order valence-corrected chi connectivity index (χ1v) is 7.00. The summed E-state index contributed by atoms with van der Waals surface area (Å²) in [5.74, 6) is 1.92. The third-order valence-corrected chi connectivity index (χ3v) is 3.69. The quantitative estimate of drug-likeness (QED) is 0.781. The third-order valence-electron chi connectivity index (χ3n) is 2.75. The maximum atomic E-state index is 5.69. The fourth-order valence-electron chi connectivity index (χ4n) is 1.80. The van der Waals surface area contributed by atoms with Crippen LogP contribution in [-0.4, -0.2) is 13.7 Å². The number of thiophene rings is 1. The van der Waals surface area contributed by atoms with Crippen molar-refractivity contribution in [2.24, 2.45) is 0 Å². The van der Waals surface area contributed by atoms with Gasteiger partial charge in [-0.05, 0) is 31.5 Å². The lowest BCUT2D eigenvalue weighted by Gasteiger charge is -2.01. The van der Waals surface area contributed by atoms with Crippen LogP contribution in [-0.2, 0) is 24.3 Å². The minimum absolute atomic E-state index is 0.629. The normalized spacial score (nSPS) is 11.0. The number of hydrogen-bond donors (Lipinski definition) is 1. The monoisotopic (exact) mass is 265 g/mol. The zero-order valence-electron chi connectivity index (χ0n) is 10.9. The van der Waals surface area contributed by atoms with Crippen LogP contribution >= 0.6 is 11.3 Å². The van der Waals surface area contributed by atoms with Crippen molar-refractivity contribution in [2.75, 3.05) is 13.7 Å². The van der Waals surface area contributed by atoms with Gasteiger partial charge in [-0.2, -0.15) is 0 Å². The van der Waals surface area contributed by atoms with Crippen molar-refractivity contribution < 1.29 is 9.15 Å². The summed E-state index contributed by atoms with van der Waals surface area (Å²) < 4.78 is 11.3. The van der Waals surface area contributed by atoms with Crippen molar-refractivity contribution in [1.82, 2.24) is 5.32 Å². The highest BCUT2D eigenvalue weighted by Gasteiger charge is 2.06. The first-order chi connectivity index (χ1) is 8.79. The van der Waals surface area contributed by atoms with Gasteiger partial charge >= 0.3 is 0 Å². The molecule has 2 aromatic rings. The van der Waals surface area contributed by atoms with E-state index in [-0.39, 0.29) is 0 Å². The Morgan fingerprint density at radius 2 is 2.33 bits per heavy atom. The summed E-state index contributed by atoms with van der Waals surface area (Å²) in [6, 6.07) is 6.28. The largest absolute Gasteiger partial charge is 0.465 e. The number of ether oxygens (including phenoxy) is 1. The Balaban J connectivity index is 1.75. The van der Waals surface area contributed by atoms with E-state index in [1.807, 2.05) is 14.0 Å². The molecule has 0 saturated carbocycles. The lowest BCUT2D eigenvalue weighted by molar-refractivity contribution is 0.123. The lowest BCUT2D eigenvalue weighted by Crippen LogP contribution is -2.03. The molecule has 0 saturated heterocycles. The summed E-state index contributed by atoms with van der Waals surface area (Å²) >= 11 is 1.78. The molecule has 0 radical (unpaired) electrons. The van der Waals surface area contributed by atoms with Gasteiger partial charge in [-0.3, -0.25) is 0 Å². The van der Waals surface area contributed by atoms with Crippen molar-refractivity contribution in [3.8, 4) is 0 Å². The molecule has 0 aliphatic heterocycles. The Kier molecular flexibility index (Phi) is 4.99. The Morgan fingerprint density at radius 1 is 1.44 bits per heavy atom. The van der Waals surface area contributed by atoms with Gasteiger partial charge in [0, 0.05) is 16.9 Å². The summed E-state index contributed by atoms with van der Waals surface area (Å²) in [7, 11) is 1.91. The fourth-order valence-corrected chi connectivity index (χ4v) is 2.49. The molecule has 98 valence electrons. The molecule has 0 aliphatic rings. The van der Waals surface area contributed by atoms with E-state index in [1.165, 1.54) is 4.88 Å². The molecule has 0 amide bonds. The molecular weight excluding hydrogens is 246 g/mol. The van der Waals surface area contributed by atoms with Gasteiger partial charge in [0.2, 0.25) is 0 Å². The van der Waals surface area contributed by atoms with Crippen LogP contribution < -0.4 is 5.32 Å². The highest BCUT2D eigenvalue weighted by Crippen LogP contribution is 2.16. The van der Waals surface area contributed by atoms with E-state index in [4.69, 9.17) is 9.15 Å². The second kappa shape index (κ2) is 6.73. The molecular formula is C14H19NO2S. The Bertz CT molecular complexity index is 462. The zero-order valence-corrected chi connectivity index (χ0v) is 11.7. The lowest BCUT2D eigenvalue weighted by atomic mass is 10.2. The summed E-state index contributed by atoms with van der Waals surface area (Å²) in [4.78, 5) is 1.37. The van der Waals surface area contributed by atoms with Crippen LogP contribution in [0, 0.1) is 6.92 Å². The van der Waals surface area contributed by atoms with Crippen molar-refractivity contribution in [2.45, 2.75) is 26.5 Å². The van der Waals surface area contributed by atoms with E-state index in [9.17, 15) is 0 Å². The van der Waals surface area contributed by atoms with Crippen LogP contribution in [0.15, 0.2) is 28.0 Å². The highest BCUT2D eigenvalue weighted by atomic mass is 32.1. The predicted octanol–water partition coefficient (Wildman–Crippen LogP) is 3.13. The number of nitrogens with one attached hydrogen (secondary N) is 1. The summed E-state index contributed by atoms with van der Waals surface area (Å²) in [5.41, 5.74) is 1.14. The number of hydrogen-bond acceptors (Lipinski definition) is 4. The minimum Gasteiger partial charge on any atom is -0.465 e. The van der Waals surface area contributed by atoms with Gasteiger partial charge < -0.3 is 14.5 Å². The molecule has 4 heteroatoms. The van der Waals surface area contributed by atoms with Crippen molar-refractivity contribution >= 4 is 11.3 Å². The van der Waals surface area contributed by atoms with Gasteiger partial charge in [0.1, 0.15) is 11.5 Å². The van der Waals surface area contributed by atoms with Gasteiger partial charge in [-0.25, -0.2) is 0 Å². The minimum atomic E-state index is 0.629. The van der Waals surface area contributed by atoms with Crippen molar-refractivity contribution in [3.05, 3.63) is 45.5 Å². The third kappa shape index (κ3) is 3.70. The Morgan fingerprint density at radius 3 is 3.06 bits per heavy atom. The molecule has 1 N–H and O–H groups in total. The van der Waals surface area contributed by atoms with E-state index in [0.29, 0.717) is 6.61 Å². The van der Waals surface area contributed by atoms with E-state index >= 15 is 0 Å². The Hall–Kier alpha value is -1.10. The maximum absolute atomic E-state index is 5.69. The maximum Gasteiger partial charge on any atom is 0.118 e. The molecule has 2 heterocycles. The van der Waals surface area contributed by atoms with Gasteiger partial charge in [-0.1, -0.05) is 6.07 Å².